The molecule has 0 aromatic heterocycles. The van der Waals surface area contributed by atoms with Crippen LogP contribution in [0.15, 0.2) is 0 Å². The summed E-state index contributed by atoms with van der Waals surface area (Å²) in [5.41, 5.74) is 5.25. The molecule has 0 bridgehead atoms. The van der Waals surface area contributed by atoms with Crippen molar-refractivity contribution in [2.75, 3.05) is 0 Å². The van der Waals surface area contributed by atoms with Crippen LogP contribution >= 0.6 is 0 Å². The van der Waals surface area contributed by atoms with E-state index in [0.29, 0.717) is 0 Å². The summed E-state index contributed by atoms with van der Waals surface area (Å²) in [5.74, 6) is 0.185. The van der Waals surface area contributed by atoms with Crippen LogP contribution in [0.1, 0.15) is 6.42 Å². The Kier molecular flexibility index (Phi) is 0.578. The Morgan fingerprint density at radius 1 is 1.83 bits per heavy atom. The monoisotopic (exact) mass is 82.1 g/mol. The molecular formula is C4H6N2. The highest BCUT2D eigenvalue weighted by atomic mass is 14.7. The van der Waals surface area contributed by atoms with Gasteiger partial charge in [-0.3, -0.25) is 0 Å². The van der Waals surface area contributed by atoms with Gasteiger partial charge in [-0.05, 0) is 6.42 Å². The topological polar surface area (TPSA) is 49.8 Å². The molecule has 0 spiro atoms. The largest absolute Gasteiger partial charge is 0.326 e. The molecule has 1 saturated carbocycles. The Bertz CT molecular complexity index is 92.2. The number of hydrogen-bond donors (Lipinski definition) is 1. The predicted octanol–water partition coefficient (Wildman–Crippen LogP) is -0.143. The molecule has 1 rings (SSSR count). The van der Waals surface area contributed by atoms with Crippen LogP contribution < -0.4 is 5.73 Å². The number of hydrogen-bond acceptors (Lipinski definition) is 2. The van der Waals surface area contributed by atoms with Crippen LogP contribution in [0.3, 0.4) is 0 Å². The molecule has 6 heavy (non-hydrogen) atoms. The number of nitrogens with zero attached hydrogens (tertiary/aromatic N) is 1. The molecule has 0 amide bonds. The van der Waals surface area contributed by atoms with Crippen molar-refractivity contribution in [3.8, 4) is 6.07 Å². The molecule has 0 radical (unpaired) electrons. The van der Waals surface area contributed by atoms with Gasteiger partial charge in [-0.1, -0.05) is 0 Å². The third-order valence-electron chi connectivity index (χ3n) is 1.01. The van der Waals surface area contributed by atoms with Gasteiger partial charge in [0.1, 0.15) is 0 Å². The lowest BCUT2D eigenvalue weighted by molar-refractivity contribution is 0.985. The quantitative estimate of drug-likeness (QED) is 0.442. The maximum atomic E-state index is 8.05. The fourth-order valence-corrected chi connectivity index (χ4v) is 0.363. The van der Waals surface area contributed by atoms with Crippen LogP contribution in [-0.2, 0) is 0 Å². The van der Waals surface area contributed by atoms with Gasteiger partial charge in [-0.15, -0.1) is 0 Å². The molecule has 32 valence electrons. The van der Waals surface area contributed by atoms with Crippen LogP contribution in [0.25, 0.3) is 0 Å². The fraction of sp³-hybridized carbons (Fsp3) is 0.750. The molecule has 1 aliphatic carbocycles. The lowest BCUT2D eigenvalue weighted by Crippen LogP contribution is -1.99. The van der Waals surface area contributed by atoms with Crippen molar-refractivity contribution in [1.82, 2.24) is 0 Å². The average Bonchev–Trinajstić information content (AvgIpc) is 2.19. The zero-order valence-corrected chi connectivity index (χ0v) is 3.39. The molecule has 0 aliphatic heterocycles. The Morgan fingerprint density at radius 2 is 2.33 bits per heavy atom. The van der Waals surface area contributed by atoms with E-state index in [4.69, 9.17) is 11.0 Å². The summed E-state index contributed by atoms with van der Waals surface area (Å²) in [5, 5.41) is 8.05. The first kappa shape index (κ1) is 3.63. The first-order valence-corrected chi connectivity index (χ1v) is 2.00. The van der Waals surface area contributed by atoms with Crippen molar-refractivity contribution in [2.45, 2.75) is 12.5 Å². The van der Waals surface area contributed by atoms with Crippen molar-refractivity contribution in [2.24, 2.45) is 11.7 Å². The van der Waals surface area contributed by atoms with Gasteiger partial charge in [-0.25, -0.2) is 0 Å². The maximum Gasteiger partial charge on any atom is 0.0672 e. The first-order chi connectivity index (χ1) is 2.84. The fourth-order valence-electron chi connectivity index (χ4n) is 0.363. The van der Waals surface area contributed by atoms with Gasteiger partial charge in [0.05, 0.1) is 12.0 Å². The summed E-state index contributed by atoms with van der Waals surface area (Å²) < 4.78 is 0. The van der Waals surface area contributed by atoms with Crippen molar-refractivity contribution in [3.63, 3.8) is 0 Å². The first-order valence-electron chi connectivity index (χ1n) is 2.00. The maximum absolute atomic E-state index is 8.05. The molecule has 0 saturated heterocycles. The van der Waals surface area contributed by atoms with E-state index in [-0.39, 0.29) is 12.0 Å². The summed E-state index contributed by atoms with van der Waals surface area (Å²) in [6, 6.07) is 2.27. The van der Waals surface area contributed by atoms with Crippen LogP contribution in [0.4, 0.5) is 0 Å². The molecule has 1 aliphatic rings. The lowest BCUT2D eigenvalue weighted by Gasteiger charge is -1.67. The molecule has 0 aromatic carbocycles. The van der Waals surface area contributed by atoms with E-state index < -0.39 is 0 Å². The second-order valence-electron chi connectivity index (χ2n) is 1.64. The Morgan fingerprint density at radius 3 is 2.33 bits per heavy atom. The van der Waals surface area contributed by atoms with Crippen LogP contribution in [0.5, 0.6) is 0 Å². The molecular weight excluding hydrogens is 76.1 g/mol. The van der Waals surface area contributed by atoms with Crippen molar-refractivity contribution >= 4 is 0 Å². The van der Waals surface area contributed by atoms with E-state index in [2.05, 4.69) is 6.07 Å². The van der Waals surface area contributed by atoms with Crippen LogP contribution in [0, 0.1) is 17.2 Å². The van der Waals surface area contributed by atoms with Crippen molar-refractivity contribution < 1.29 is 0 Å². The normalized spacial score (nSPS) is 41.3. The molecule has 2 N–H and O–H groups in total. The summed E-state index contributed by atoms with van der Waals surface area (Å²) in [6.07, 6.45) is 0.913. The standard InChI is InChI=1S/C4H6N2/c5-2-3-1-4(3)6/h3-4H,1,6H2/t3-,4-/m0/s1. The molecule has 0 unspecified atom stereocenters. The second kappa shape index (κ2) is 0.954. The minimum Gasteiger partial charge on any atom is -0.326 e. The zero-order chi connectivity index (χ0) is 4.57. The van der Waals surface area contributed by atoms with Gasteiger partial charge in [0.15, 0.2) is 0 Å². The highest BCUT2D eigenvalue weighted by Gasteiger charge is 2.32. The van der Waals surface area contributed by atoms with Crippen molar-refractivity contribution in [1.29, 1.82) is 5.26 Å². The van der Waals surface area contributed by atoms with Crippen molar-refractivity contribution in [3.05, 3.63) is 0 Å². The molecule has 0 aromatic rings. The summed E-state index contributed by atoms with van der Waals surface area (Å²) >= 11 is 0. The lowest BCUT2D eigenvalue weighted by atomic mass is 10.5. The van der Waals surface area contributed by atoms with Crippen LogP contribution in [-0.4, -0.2) is 6.04 Å². The van der Waals surface area contributed by atoms with Crippen LogP contribution in [0.2, 0.25) is 0 Å². The number of rotatable bonds is 0. The average molecular weight is 82.1 g/mol. The molecule has 0 heterocycles. The summed E-state index contributed by atoms with van der Waals surface area (Å²) in [7, 11) is 0. The van der Waals surface area contributed by atoms with E-state index >= 15 is 0 Å². The summed E-state index contributed by atoms with van der Waals surface area (Å²) in [4.78, 5) is 0. The Balaban J connectivity index is 2.31. The smallest absolute Gasteiger partial charge is 0.0672 e. The van der Waals surface area contributed by atoms with E-state index in [1.54, 1.807) is 0 Å². The number of nitrogens with two attached hydrogens (primary N) is 1. The minimum atomic E-state index is 0.185. The minimum absolute atomic E-state index is 0.185. The third-order valence-corrected chi connectivity index (χ3v) is 1.01. The molecule has 2 atom stereocenters. The SMILES string of the molecule is N#C[C@@H]1C[C@@H]1N. The van der Waals surface area contributed by atoms with E-state index in [9.17, 15) is 0 Å². The second-order valence-corrected chi connectivity index (χ2v) is 1.64. The Labute approximate surface area is 36.6 Å². The van der Waals surface area contributed by atoms with Gasteiger partial charge < -0.3 is 5.73 Å². The van der Waals surface area contributed by atoms with Gasteiger partial charge in [0, 0.05) is 6.04 Å². The van der Waals surface area contributed by atoms with Gasteiger partial charge in [0.25, 0.3) is 0 Å². The van der Waals surface area contributed by atoms with Gasteiger partial charge in [0.2, 0.25) is 0 Å². The van der Waals surface area contributed by atoms with E-state index in [1.807, 2.05) is 0 Å². The number of nitriles is 1. The highest BCUT2D eigenvalue weighted by Crippen LogP contribution is 2.25. The Hall–Kier alpha value is -0.550. The van der Waals surface area contributed by atoms with Gasteiger partial charge in [-0.2, -0.15) is 5.26 Å². The molecule has 2 heteroatoms. The third kappa shape index (κ3) is 0.373. The van der Waals surface area contributed by atoms with E-state index in [1.165, 1.54) is 0 Å². The molecule has 1 fully saturated rings. The highest BCUT2D eigenvalue weighted by molar-refractivity contribution is 5.04. The zero-order valence-electron chi connectivity index (χ0n) is 3.39. The van der Waals surface area contributed by atoms with E-state index in [0.717, 1.165) is 6.42 Å². The molecule has 2 nitrogen and oxygen atoms in total. The predicted molar refractivity (Wildman–Crippen MR) is 21.7 cm³/mol. The summed E-state index contributed by atoms with van der Waals surface area (Å²) in [6.45, 7) is 0. The van der Waals surface area contributed by atoms with Gasteiger partial charge >= 0.3 is 0 Å².